The van der Waals surface area contributed by atoms with Crippen molar-refractivity contribution in [1.29, 1.82) is 0 Å². The zero-order chi connectivity index (χ0) is 20.0. The number of aldehydes is 1. The molecule has 2 aliphatic carbocycles. The Bertz CT molecular complexity index is 548. The third-order valence-corrected chi connectivity index (χ3v) is 3.48. The fourth-order valence-corrected chi connectivity index (χ4v) is 2.22. The lowest BCUT2D eigenvalue weighted by Crippen LogP contribution is -2.28. The Hall–Kier alpha value is -1.61. The summed E-state index contributed by atoms with van der Waals surface area (Å²) in [5, 5.41) is 0.975. The molecule has 2 aliphatic rings. The zero-order valence-electron chi connectivity index (χ0n) is 16.8. The first-order chi connectivity index (χ1) is 12.2. The number of esters is 1. The van der Waals surface area contributed by atoms with E-state index in [4.69, 9.17) is 16.3 Å². The summed E-state index contributed by atoms with van der Waals surface area (Å²) >= 11 is 5.63. The molecule has 1 atom stereocenters. The minimum Gasteiger partial charge on any atom is -0.460 e. The SMILES string of the molecule is CC(C)(C)OC(=O)C1C=CC(CC=O)=CC1.CCC.ClC1=CC=CCC1. The van der Waals surface area contributed by atoms with E-state index in [0.29, 0.717) is 12.8 Å². The van der Waals surface area contributed by atoms with E-state index in [1.54, 1.807) is 0 Å². The van der Waals surface area contributed by atoms with Crippen LogP contribution in [0.1, 0.15) is 66.7 Å². The van der Waals surface area contributed by atoms with Gasteiger partial charge in [-0.15, -0.1) is 0 Å². The summed E-state index contributed by atoms with van der Waals surface area (Å²) in [5.41, 5.74) is 0.521. The van der Waals surface area contributed by atoms with Gasteiger partial charge in [0.15, 0.2) is 0 Å². The normalized spacial score (nSPS) is 18.3. The number of rotatable bonds is 3. The highest BCUT2D eigenvalue weighted by Crippen LogP contribution is 2.21. The van der Waals surface area contributed by atoms with E-state index in [9.17, 15) is 9.59 Å². The number of halogens is 1. The zero-order valence-corrected chi connectivity index (χ0v) is 17.5. The highest BCUT2D eigenvalue weighted by atomic mass is 35.5. The second-order valence-corrected chi connectivity index (χ2v) is 7.66. The van der Waals surface area contributed by atoms with E-state index in [2.05, 4.69) is 19.9 Å². The predicted octanol–water partition coefficient (Wildman–Crippen LogP) is 6.30. The molecule has 0 bridgehead atoms. The standard InChI is InChI=1S/C13H18O3.C6H7Cl.C3H8/c1-13(2,3)16-12(15)11-6-4-10(5-7-11)8-9-14;7-6-4-2-1-3-5-6;1-3-2/h4-6,9,11H,7-8H2,1-3H3;1-2,4H,3,5H2;3H2,1-2H3. The lowest BCUT2D eigenvalue weighted by molar-refractivity contribution is -0.158. The second kappa shape index (κ2) is 13.6. The molecule has 146 valence electrons. The fraction of sp³-hybridized carbons (Fsp3) is 0.545. The molecular weight excluding hydrogens is 348 g/mol. The van der Waals surface area contributed by atoms with Gasteiger partial charge in [0.25, 0.3) is 0 Å². The van der Waals surface area contributed by atoms with Crippen LogP contribution in [-0.4, -0.2) is 17.9 Å². The Morgan fingerprint density at radius 1 is 1.35 bits per heavy atom. The van der Waals surface area contributed by atoms with Crippen molar-refractivity contribution >= 4 is 23.9 Å². The maximum absolute atomic E-state index is 11.7. The van der Waals surface area contributed by atoms with Crippen LogP contribution in [0, 0.1) is 5.92 Å². The number of hydrogen-bond acceptors (Lipinski definition) is 3. The molecule has 0 saturated heterocycles. The molecule has 0 aromatic rings. The maximum atomic E-state index is 11.7. The lowest BCUT2D eigenvalue weighted by atomic mass is 9.95. The van der Waals surface area contributed by atoms with Crippen molar-refractivity contribution in [3.8, 4) is 0 Å². The fourth-order valence-electron chi connectivity index (χ4n) is 2.04. The summed E-state index contributed by atoms with van der Waals surface area (Å²) in [7, 11) is 0. The van der Waals surface area contributed by atoms with E-state index >= 15 is 0 Å². The van der Waals surface area contributed by atoms with Crippen molar-refractivity contribution < 1.29 is 14.3 Å². The van der Waals surface area contributed by atoms with Gasteiger partial charge in [-0.05, 0) is 51.7 Å². The molecule has 4 heteroatoms. The molecule has 0 radical (unpaired) electrons. The first-order valence-electron chi connectivity index (χ1n) is 9.28. The van der Waals surface area contributed by atoms with Gasteiger partial charge in [-0.3, -0.25) is 4.79 Å². The van der Waals surface area contributed by atoms with Crippen LogP contribution < -0.4 is 0 Å². The molecule has 0 heterocycles. The highest BCUT2D eigenvalue weighted by molar-refractivity contribution is 6.29. The van der Waals surface area contributed by atoms with Crippen LogP contribution >= 0.6 is 11.6 Å². The van der Waals surface area contributed by atoms with Crippen LogP contribution in [0.2, 0.25) is 0 Å². The van der Waals surface area contributed by atoms with Crippen LogP contribution in [0.25, 0.3) is 0 Å². The topological polar surface area (TPSA) is 43.4 Å². The van der Waals surface area contributed by atoms with Crippen LogP contribution in [0.5, 0.6) is 0 Å². The molecule has 0 saturated carbocycles. The first-order valence-corrected chi connectivity index (χ1v) is 9.66. The number of carbonyl (C=O) groups excluding carboxylic acids is 2. The minimum atomic E-state index is -0.447. The maximum Gasteiger partial charge on any atom is 0.313 e. The Labute approximate surface area is 163 Å². The van der Waals surface area contributed by atoms with Crippen molar-refractivity contribution in [2.75, 3.05) is 0 Å². The van der Waals surface area contributed by atoms with Gasteiger partial charge in [0.05, 0.1) is 5.92 Å². The molecule has 0 N–H and O–H groups in total. The van der Waals surface area contributed by atoms with E-state index in [1.165, 1.54) is 6.42 Å². The van der Waals surface area contributed by atoms with E-state index < -0.39 is 5.60 Å². The van der Waals surface area contributed by atoms with E-state index in [1.807, 2.05) is 51.2 Å². The van der Waals surface area contributed by atoms with Gasteiger partial charge in [0, 0.05) is 11.5 Å². The van der Waals surface area contributed by atoms with Crippen LogP contribution in [0.15, 0.2) is 47.1 Å². The highest BCUT2D eigenvalue weighted by Gasteiger charge is 2.23. The molecule has 0 amide bonds. The van der Waals surface area contributed by atoms with Crippen molar-refractivity contribution in [3.63, 3.8) is 0 Å². The molecule has 0 spiro atoms. The predicted molar refractivity (Wildman–Crippen MR) is 110 cm³/mol. The Balaban J connectivity index is 0.000000514. The van der Waals surface area contributed by atoms with Crippen molar-refractivity contribution in [3.05, 3.63) is 47.1 Å². The molecule has 0 fully saturated rings. The van der Waals surface area contributed by atoms with Crippen LogP contribution in [-0.2, 0) is 14.3 Å². The molecule has 0 aromatic heterocycles. The van der Waals surface area contributed by atoms with Gasteiger partial charge in [-0.2, -0.15) is 0 Å². The average molecular weight is 381 g/mol. The van der Waals surface area contributed by atoms with E-state index in [0.717, 1.165) is 29.7 Å². The van der Waals surface area contributed by atoms with Gasteiger partial charge in [0.1, 0.15) is 11.9 Å². The summed E-state index contributed by atoms with van der Waals surface area (Å²) in [6.45, 7) is 9.81. The first kappa shape index (κ1) is 24.4. The largest absolute Gasteiger partial charge is 0.460 e. The third kappa shape index (κ3) is 12.7. The number of ether oxygens (including phenoxy) is 1. The molecule has 0 aromatic carbocycles. The van der Waals surface area contributed by atoms with E-state index in [-0.39, 0.29) is 11.9 Å². The summed E-state index contributed by atoms with van der Waals surface area (Å²) in [6, 6.07) is 0. The monoisotopic (exact) mass is 380 g/mol. The molecule has 26 heavy (non-hydrogen) atoms. The lowest BCUT2D eigenvalue weighted by Gasteiger charge is -2.23. The van der Waals surface area contributed by atoms with Crippen molar-refractivity contribution in [2.24, 2.45) is 5.92 Å². The Morgan fingerprint density at radius 3 is 2.35 bits per heavy atom. The van der Waals surface area contributed by atoms with Gasteiger partial charge in [-0.25, -0.2) is 0 Å². The number of allylic oxidation sites excluding steroid dienone is 7. The number of carbonyl (C=O) groups is 2. The Morgan fingerprint density at radius 2 is 2.00 bits per heavy atom. The smallest absolute Gasteiger partial charge is 0.313 e. The molecule has 0 aliphatic heterocycles. The molecule has 2 rings (SSSR count). The molecule has 1 unspecified atom stereocenters. The van der Waals surface area contributed by atoms with Crippen LogP contribution in [0.4, 0.5) is 0 Å². The second-order valence-electron chi connectivity index (χ2n) is 7.17. The van der Waals surface area contributed by atoms with Gasteiger partial charge >= 0.3 is 5.97 Å². The van der Waals surface area contributed by atoms with Gasteiger partial charge < -0.3 is 9.53 Å². The van der Waals surface area contributed by atoms with Crippen molar-refractivity contribution in [1.82, 2.24) is 0 Å². The average Bonchev–Trinajstić information content (AvgIpc) is 2.56. The third-order valence-electron chi connectivity index (χ3n) is 3.17. The summed E-state index contributed by atoms with van der Waals surface area (Å²) in [4.78, 5) is 22.0. The summed E-state index contributed by atoms with van der Waals surface area (Å²) < 4.78 is 5.28. The quantitative estimate of drug-likeness (QED) is 0.426. The van der Waals surface area contributed by atoms with Crippen molar-refractivity contribution in [2.45, 2.75) is 72.3 Å². The Kier molecular flexibility index (Phi) is 12.7. The number of hydrogen-bond donors (Lipinski definition) is 0. The van der Waals surface area contributed by atoms with Gasteiger partial charge in [0.2, 0.25) is 0 Å². The molecule has 3 nitrogen and oxygen atoms in total. The van der Waals surface area contributed by atoms with Gasteiger partial charge in [-0.1, -0.05) is 62.2 Å². The minimum absolute atomic E-state index is 0.204. The summed E-state index contributed by atoms with van der Waals surface area (Å²) in [6.07, 6.45) is 16.9. The summed E-state index contributed by atoms with van der Waals surface area (Å²) in [5.74, 6) is -0.417. The molecular formula is C22H33ClO3. The van der Waals surface area contributed by atoms with Crippen LogP contribution in [0.3, 0.4) is 0 Å².